The van der Waals surface area contributed by atoms with Crippen LogP contribution in [0.15, 0.2) is 28.0 Å². The van der Waals surface area contributed by atoms with Crippen molar-refractivity contribution in [2.45, 2.75) is 47.0 Å². The van der Waals surface area contributed by atoms with Crippen molar-refractivity contribution in [1.29, 1.82) is 0 Å². The highest BCUT2D eigenvalue weighted by molar-refractivity contribution is 5.86. The summed E-state index contributed by atoms with van der Waals surface area (Å²) in [7, 11) is 0. The van der Waals surface area contributed by atoms with Gasteiger partial charge in [-0.15, -0.1) is 0 Å². The third kappa shape index (κ3) is 2.71. The molecule has 0 radical (unpaired) electrons. The molecule has 0 aromatic heterocycles. The van der Waals surface area contributed by atoms with Crippen LogP contribution in [-0.4, -0.2) is 5.71 Å². The fraction of sp³-hybridized carbons (Fsp3) is 0.615. The van der Waals surface area contributed by atoms with Crippen LogP contribution in [0.4, 0.5) is 0 Å². The van der Waals surface area contributed by atoms with E-state index < -0.39 is 0 Å². The zero-order valence-corrected chi connectivity index (χ0v) is 10.3. The van der Waals surface area contributed by atoms with E-state index in [0.717, 1.165) is 25.0 Å². The molecule has 1 rings (SSSR count). The highest BCUT2D eigenvalue weighted by Crippen LogP contribution is 2.25. The molecular weight excluding hydrogens is 184 g/mol. The monoisotopic (exact) mass is 206 g/mol. The van der Waals surface area contributed by atoms with Crippen LogP contribution < -0.4 is 5.73 Å². The lowest BCUT2D eigenvalue weighted by Crippen LogP contribution is -2.16. The molecule has 1 unspecified atom stereocenters. The molecule has 0 amide bonds. The molecule has 0 spiro atoms. The van der Waals surface area contributed by atoms with Gasteiger partial charge in [0, 0.05) is 17.6 Å². The first-order chi connectivity index (χ1) is 7.10. The van der Waals surface area contributed by atoms with E-state index in [4.69, 9.17) is 5.73 Å². The molecule has 0 aromatic carbocycles. The van der Waals surface area contributed by atoms with Crippen molar-refractivity contribution in [3.63, 3.8) is 0 Å². The smallest absolute Gasteiger partial charge is 0.0353 e. The predicted octanol–water partition coefficient (Wildman–Crippen LogP) is 3.40. The Morgan fingerprint density at radius 2 is 2.07 bits per heavy atom. The van der Waals surface area contributed by atoms with E-state index in [2.05, 4.69) is 32.7 Å². The first kappa shape index (κ1) is 12.0. The molecule has 1 aliphatic heterocycles. The predicted molar refractivity (Wildman–Crippen MR) is 66.8 cm³/mol. The molecular formula is C13H22N2. The molecule has 0 fully saturated rings. The van der Waals surface area contributed by atoms with E-state index in [-0.39, 0.29) is 0 Å². The summed E-state index contributed by atoms with van der Waals surface area (Å²) >= 11 is 0. The Morgan fingerprint density at radius 3 is 2.53 bits per heavy atom. The minimum absolute atomic E-state index is 0.526. The molecule has 0 saturated heterocycles. The van der Waals surface area contributed by atoms with Crippen LogP contribution in [0.3, 0.4) is 0 Å². The van der Waals surface area contributed by atoms with Crippen LogP contribution in [0, 0.1) is 5.92 Å². The number of allylic oxidation sites excluding steroid dienone is 2. The first-order valence-electron chi connectivity index (χ1n) is 5.81. The van der Waals surface area contributed by atoms with Crippen LogP contribution in [0.2, 0.25) is 0 Å². The van der Waals surface area contributed by atoms with Gasteiger partial charge >= 0.3 is 0 Å². The van der Waals surface area contributed by atoms with Crippen LogP contribution in [-0.2, 0) is 0 Å². The van der Waals surface area contributed by atoms with Gasteiger partial charge in [-0.2, -0.15) is 0 Å². The molecule has 84 valence electrons. The van der Waals surface area contributed by atoms with Gasteiger partial charge in [0.25, 0.3) is 0 Å². The second-order valence-electron chi connectivity index (χ2n) is 4.25. The van der Waals surface area contributed by atoms with Gasteiger partial charge in [0.1, 0.15) is 0 Å². The zero-order chi connectivity index (χ0) is 11.4. The van der Waals surface area contributed by atoms with Gasteiger partial charge < -0.3 is 5.73 Å². The summed E-state index contributed by atoms with van der Waals surface area (Å²) in [5.41, 5.74) is 10.9. The van der Waals surface area contributed by atoms with Crippen molar-refractivity contribution in [3.8, 4) is 0 Å². The minimum Gasteiger partial charge on any atom is -0.398 e. The van der Waals surface area contributed by atoms with Crippen LogP contribution >= 0.6 is 0 Å². The second-order valence-corrected chi connectivity index (χ2v) is 4.25. The Balaban J connectivity index is 2.95. The Labute approximate surface area is 93.0 Å². The van der Waals surface area contributed by atoms with Crippen molar-refractivity contribution in [3.05, 3.63) is 23.0 Å². The Morgan fingerprint density at radius 1 is 1.47 bits per heavy atom. The van der Waals surface area contributed by atoms with Gasteiger partial charge in [-0.25, -0.2) is 0 Å². The molecule has 2 nitrogen and oxygen atoms in total. The average Bonchev–Trinajstić information content (AvgIpc) is 2.23. The fourth-order valence-corrected chi connectivity index (χ4v) is 1.87. The molecule has 1 aliphatic rings. The third-order valence-corrected chi connectivity index (χ3v) is 3.24. The summed E-state index contributed by atoms with van der Waals surface area (Å²) in [6, 6.07) is 0. The van der Waals surface area contributed by atoms with E-state index in [1.54, 1.807) is 0 Å². The fourth-order valence-electron chi connectivity index (χ4n) is 1.87. The SMILES string of the molecule is CCC(CC)=C(N)C1=CN=C(C)C(C)C1. The van der Waals surface area contributed by atoms with E-state index in [0.29, 0.717) is 5.92 Å². The lowest BCUT2D eigenvalue weighted by molar-refractivity contribution is 0.736. The number of nitrogens with zero attached hydrogens (tertiary/aromatic N) is 1. The van der Waals surface area contributed by atoms with Crippen molar-refractivity contribution >= 4 is 5.71 Å². The quantitative estimate of drug-likeness (QED) is 0.755. The minimum atomic E-state index is 0.526. The summed E-state index contributed by atoms with van der Waals surface area (Å²) in [6.45, 7) is 8.61. The van der Waals surface area contributed by atoms with Crippen LogP contribution in [0.5, 0.6) is 0 Å². The number of hydrogen-bond donors (Lipinski definition) is 1. The van der Waals surface area contributed by atoms with E-state index in [1.807, 2.05) is 6.20 Å². The molecule has 2 N–H and O–H groups in total. The van der Waals surface area contributed by atoms with Crippen LogP contribution in [0.1, 0.15) is 47.0 Å². The molecule has 0 aromatic rings. The Bertz CT molecular complexity index is 315. The Hall–Kier alpha value is -1.05. The number of nitrogens with two attached hydrogens (primary N) is 1. The first-order valence-corrected chi connectivity index (χ1v) is 5.81. The van der Waals surface area contributed by atoms with E-state index in [9.17, 15) is 0 Å². The summed E-state index contributed by atoms with van der Waals surface area (Å²) in [4.78, 5) is 4.40. The van der Waals surface area contributed by atoms with Crippen molar-refractivity contribution in [2.24, 2.45) is 16.6 Å². The standard InChI is InChI=1S/C13H22N2/c1-5-11(6-2)13(14)12-7-9(3)10(4)15-8-12/h8-9H,5-7,14H2,1-4H3. The molecule has 0 bridgehead atoms. The van der Waals surface area contributed by atoms with Gasteiger partial charge in [-0.1, -0.05) is 20.8 Å². The molecule has 1 atom stereocenters. The van der Waals surface area contributed by atoms with E-state index >= 15 is 0 Å². The lowest BCUT2D eigenvalue weighted by Gasteiger charge is -2.20. The maximum absolute atomic E-state index is 6.16. The van der Waals surface area contributed by atoms with Gasteiger partial charge in [0.2, 0.25) is 0 Å². The van der Waals surface area contributed by atoms with Gasteiger partial charge in [-0.05, 0) is 43.3 Å². The number of aliphatic imine (C=N–C) groups is 1. The molecule has 2 heteroatoms. The van der Waals surface area contributed by atoms with Gasteiger partial charge in [-0.3, -0.25) is 4.99 Å². The summed E-state index contributed by atoms with van der Waals surface area (Å²) in [5.74, 6) is 0.526. The normalized spacial score (nSPS) is 20.7. The summed E-state index contributed by atoms with van der Waals surface area (Å²) in [5, 5.41) is 0. The van der Waals surface area contributed by atoms with Crippen LogP contribution in [0.25, 0.3) is 0 Å². The number of hydrogen-bond acceptors (Lipinski definition) is 2. The van der Waals surface area contributed by atoms with Crippen molar-refractivity contribution in [2.75, 3.05) is 0 Å². The average molecular weight is 206 g/mol. The van der Waals surface area contributed by atoms with E-state index in [1.165, 1.54) is 16.9 Å². The molecule has 0 aliphatic carbocycles. The van der Waals surface area contributed by atoms with Gasteiger partial charge in [0.15, 0.2) is 0 Å². The maximum Gasteiger partial charge on any atom is 0.0353 e. The molecule has 1 heterocycles. The zero-order valence-electron chi connectivity index (χ0n) is 10.3. The molecule has 15 heavy (non-hydrogen) atoms. The topological polar surface area (TPSA) is 38.4 Å². The second kappa shape index (κ2) is 5.15. The number of rotatable bonds is 3. The maximum atomic E-state index is 6.16. The molecule has 0 saturated carbocycles. The lowest BCUT2D eigenvalue weighted by atomic mass is 9.91. The van der Waals surface area contributed by atoms with Gasteiger partial charge in [0.05, 0.1) is 0 Å². The summed E-state index contributed by atoms with van der Waals surface area (Å²) < 4.78 is 0. The van der Waals surface area contributed by atoms with Crippen molar-refractivity contribution < 1.29 is 0 Å². The summed E-state index contributed by atoms with van der Waals surface area (Å²) in [6.07, 6.45) is 5.05. The highest BCUT2D eigenvalue weighted by Gasteiger charge is 2.15. The Kier molecular flexibility index (Phi) is 4.13. The highest BCUT2D eigenvalue weighted by atomic mass is 14.7. The largest absolute Gasteiger partial charge is 0.398 e. The third-order valence-electron chi connectivity index (χ3n) is 3.24. The van der Waals surface area contributed by atoms with Crippen molar-refractivity contribution in [1.82, 2.24) is 0 Å².